The van der Waals surface area contributed by atoms with Gasteiger partial charge in [0.1, 0.15) is 29.2 Å². The minimum absolute atomic E-state index is 0.551. The summed E-state index contributed by atoms with van der Waals surface area (Å²) in [5.74, 6) is 3.23. The zero-order valence-electron chi connectivity index (χ0n) is 20.8. The van der Waals surface area contributed by atoms with E-state index in [1.807, 2.05) is 61.3 Å². The van der Waals surface area contributed by atoms with E-state index in [-0.39, 0.29) is 0 Å². The Morgan fingerprint density at radius 3 is 2.65 bits per heavy atom. The van der Waals surface area contributed by atoms with Crippen LogP contribution >= 0.6 is 0 Å². The van der Waals surface area contributed by atoms with E-state index in [9.17, 15) is 0 Å². The molecule has 2 N–H and O–H groups in total. The fourth-order valence-electron chi connectivity index (χ4n) is 5.47. The van der Waals surface area contributed by atoms with E-state index in [1.54, 1.807) is 6.33 Å². The van der Waals surface area contributed by atoms with Gasteiger partial charge in [-0.05, 0) is 67.8 Å². The Labute approximate surface area is 214 Å². The van der Waals surface area contributed by atoms with Crippen LogP contribution in [0.1, 0.15) is 18.4 Å². The largest absolute Gasteiger partial charge is 0.457 e. The van der Waals surface area contributed by atoms with E-state index in [4.69, 9.17) is 9.72 Å². The number of nitrogens with zero attached hydrogens (tertiary/aromatic N) is 6. The van der Waals surface area contributed by atoms with Crippen LogP contribution in [0.25, 0.3) is 22.1 Å². The molecule has 2 saturated heterocycles. The maximum absolute atomic E-state index is 6.18. The number of pyridine rings is 1. The van der Waals surface area contributed by atoms with Crippen molar-refractivity contribution in [3.63, 3.8) is 0 Å². The Morgan fingerprint density at radius 1 is 0.946 bits per heavy atom. The molecular weight excluding hydrogens is 464 g/mol. The van der Waals surface area contributed by atoms with Crippen LogP contribution in [-0.2, 0) is 7.05 Å². The van der Waals surface area contributed by atoms with Gasteiger partial charge in [-0.15, -0.1) is 0 Å². The Morgan fingerprint density at radius 2 is 1.81 bits per heavy atom. The lowest BCUT2D eigenvalue weighted by molar-refractivity contribution is 0.464. The fraction of sp³-hybridized carbons (Fsp3) is 0.286. The molecule has 2 unspecified atom stereocenters. The summed E-state index contributed by atoms with van der Waals surface area (Å²) in [5.41, 5.74) is 5.49. The van der Waals surface area contributed by atoms with Crippen molar-refractivity contribution in [1.82, 2.24) is 29.8 Å². The summed E-state index contributed by atoms with van der Waals surface area (Å²) in [5, 5.41) is 7.14. The number of piperazine rings is 1. The lowest BCUT2D eigenvalue weighted by Crippen LogP contribution is -2.51. The Balaban J connectivity index is 1.14. The smallest absolute Gasteiger partial charge is 0.160 e. The summed E-state index contributed by atoms with van der Waals surface area (Å²) in [7, 11) is 1.98. The van der Waals surface area contributed by atoms with Crippen LogP contribution in [0.3, 0.4) is 0 Å². The maximum atomic E-state index is 6.18. The van der Waals surface area contributed by atoms with Crippen LogP contribution in [0.5, 0.6) is 11.5 Å². The first-order chi connectivity index (χ1) is 18.1. The molecule has 0 saturated carbocycles. The predicted octanol–water partition coefficient (Wildman–Crippen LogP) is 4.70. The third-order valence-electron chi connectivity index (χ3n) is 7.37. The SMILES string of the molecule is Cc1cc(Nc2ncnc3ccc(N4CC5CCC(C4)N5)nc23)ccc1Oc1ccc2c(c1)ncn2C. The van der Waals surface area contributed by atoms with Gasteiger partial charge < -0.3 is 24.8 Å². The van der Waals surface area contributed by atoms with E-state index >= 15 is 0 Å². The van der Waals surface area contributed by atoms with Crippen LogP contribution in [-0.4, -0.2) is 49.7 Å². The molecule has 186 valence electrons. The topological polar surface area (TPSA) is 93.0 Å². The number of imidazole rings is 1. The van der Waals surface area contributed by atoms with Crippen molar-refractivity contribution < 1.29 is 4.74 Å². The minimum Gasteiger partial charge on any atom is -0.457 e. The third kappa shape index (κ3) is 4.11. The molecule has 5 heterocycles. The van der Waals surface area contributed by atoms with Gasteiger partial charge in [0.25, 0.3) is 0 Å². The molecule has 2 aliphatic rings. The van der Waals surface area contributed by atoms with Gasteiger partial charge in [0.05, 0.1) is 22.9 Å². The number of ether oxygens (including phenoxy) is 1. The number of hydrogen-bond donors (Lipinski definition) is 2. The first kappa shape index (κ1) is 22.0. The van der Waals surface area contributed by atoms with Gasteiger partial charge in [0, 0.05) is 44.0 Å². The summed E-state index contributed by atoms with van der Waals surface area (Å²) < 4.78 is 8.17. The van der Waals surface area contributed by atoms with Crippen LogP contribution in [0, 0.1) is 6.92 Å². The Bertz CT molecular complexity index is 1620. The van der Waals surface area contributed by atoms with Crippen molar-refractivity contribution in [2.24, 2.45) is 7.05 Å². The molecule has 2 atom stereocenters. The first-order valence-corrected chi connectivity index (χ1v) is 12.7. The van der Waals surface area contributed by atoms with Gasteiger partial charge in [-0.3, -0.25) is 0 Å². The number of nitrogens with one attached hydrogen (secondary N) is 2. The number of aryl methyl sites for hydroxylation is 2. The summed E-state index contributed by atoms with van der Waals surface area (Å²) in [6.45, 7) is 4.01. The van der Waals surface area contributed by atoms with Crippen LogP contribution < -0.4 is 20.3 Å². The fourth-order valence-corrected chi connectivity index (χ4v) is 5.47. The molecule has 37 heavy (non-hydrogen) atoms. The molecule has 5 aromatic rings. The number of hydrogen-bond acceptors (Lipinski definition) is 8. The van der Waals surface area contributed by atoms with E-state index in [0.717, 1.165) is 63.7 Å². The lowest BCUT2D eigenvalue weighted by atomic mass is 10.2. The zero-order chi connectivity index (χ0) is 24.9. The van der Waals surface area contributed by atoms with Crippen molar-refractivity contribution >= 4 is 39.4 Å². The molecule has 2 bridgehead atoms. The number of benzene rings is 2. The Kier molecular flexibility index (Phi) is 5.17. The first-order valence-electron chi connectivity index (χ1n) is 12.7. The zero-order valence-corrected chi connectivity index (χ0v) is 20.8. The third-order valence-corrected chi connectivity index (χ3v) is 7.37. The molecule has 0 aliphatic carbocycles. The van der Waals surface area contributed by atoms with Crippen molar-refractivity contribution in [3.05, 3.63) is 66.7 Å². The number of rotatable bonds is 5. The molecule has 2 aromatic carbocycles. The Hall–Kier alpha value is -4.24. The standard InChI is InChI=1S/C28H28N8O/c1-17-11-18(5-9-25(17)37-21-6-8-24-23(12-21)31-16-35(24)2)33-28-27-22(29-15-30-28)7-10-26(34-27)36-13-19-3-4-20(14-36)32-19/h5-12,15-16,19-20,32H,3-4,13-14H2,1-2H3,(H,29,30,33). The van der Waals surface area contributed by atoms with E-state index in [1.165, 1.54) is 12.8 Å². The second kappa shape index (κ2) is 8.70. The molecule has 0 spiro atoms. The molecule has 3 aromatic heterocycles. The highest BCUT2D eigenvalue weighted by Gasteiger charge is 2.32. The van der Waals surface area contributed by atoms with Crippen molar-refractivity contribution in [1.29, 1.82) is 0 Å². The second-order valence-corrected chi connectivity index (χ2v) is 10.0. The van der Waals surface area contributed by atoms with E-state index in [0.29, 0.717) is 17.9 Å². The molecule has 2 fully saturated rings. The van der Waals surface area contributed by atoms with Gasteiger partial charge in [0.15, 0.2) is 5.82 Å². The summed E-state index contributed by atoms with van der Waals surface area (Å²) >= 11 is 0. The van der Waals surface area contributed by atoms with Crippen molar-refractivity contribution in [2.45, 2.75) is 31.8 Å². The van der Waals surface area contributed by atoms with E-state index in [2.05, 4.69) is 42.6 Å². The quantitative estimate of drug-likeness (QED) is 0.365. The molecule has 0 amide bonds. The minimum atomic E-state index is 0.551. The highest BCUT2D eigenvalue weighted by molar-refractivity contribution is 5.88. The van der Waals surface area contributed by atoms with Gasteiger partial charge in [-0.1, -0.05) is 0 Å². The van der Waals surface area contributed by atoms with Gasteiger partial charge in [-0.2, -0.15) is 0 Å². The molecule has 0 radical (unpaired) electrons. The molecule has 7 rings (SSSR count). The van der Waals surface area contributed by atoms with Crippen molar-refractivity contribution in [2.75, 3.05) is 23.3 Å². The molecular formula is C28H28N8O. The highest BCUT2D eigenvalue weighted by atomic mass is 16.5. The summed E-state index contributed by atoms with van der Waals surface area (Å²) in [6.07, 6.45) is 5.86. The molecule has 9 heteroatoms. The molecule has 2 aliphatic heterocycles. The lowest BCUT2D eigenvalue weighted by Gasteiger charge is -2.33. The average Bonchev–Trinajstić information content (AvgIpc) is 3.45. The van der Waals surface area contributed by atoms with Gasteiger partial charge in [0.2, 0.25) is 0 Å². The van der Waals surface area contributed by atoms with Gasteiger partial charge >= 0.3 is 0 Å². The number of aromatic nitrogens is 5. The monoisotopic (exact) mass is 492 g/mol. The predicted molar refractivity (Wildman–Crippen MR) is 145 cm³/mol. The van der Waals surface area contributed by atoms with Crippen LogP contribution in [0.2, 0.25) is 0 Å². The van der Waals surface area contributed by atoms with E-state index < -0.39 is 0 Å². The van der Waals surface area contributed by atoms with Crippen LogP contribution in [0.4, 0.5) is 17.3 Å². The van der Waals surface area contributed by atoms with Gasteiger partial charge in [-0.25, -0.2) is 19.9 Å². The number of fused-ring (bicyclic) bond motifs is 4. The highest BCUT2D eigenvalue weighted by Crippen LogP contribution is 2.32. The number of anilines is 3. The van der Waals surface area contributed by atoms with Crippen molar-refractivity contribution in [3.8, 4) is 11.5 Å². The molecule has 9 nitrogen and oxygen atoms in total. The maximum Gasteiger partial charge on any atom is 0.160 e. The average molecular weight is 493 g/mol. The summed E-state index contributed by atoms with van der Waals surface area (Å²) in [4.78, 5) is 20.8. The second-order valence-electron chi connectivity index (χ2n) is 10.0. The summed E-state index contributed by atoms with van der Waals surface area (Å²) in [6, 6.07) is 17.2. The van der Waals surface area contributed by atoms with Crippen LogP contribution in [0.15, 0.2) is 61.2 Å². The normalized spacial score (nSPS) is 19.0.